The van der Waals surface area contributed by atoms with Crippen molar-refractivity contribution >= 4 is 22.9 Å². The Hall–Kier alpha value is -2.79. The lowest BCUT2D eigenvalue weighted by Crippen LogP contribution is -2.37. The van der Waals surface area contributed by atoms with Gasteiger partial charge in [0.2, 0.25) is 0 Å². The molecule has 0 radical (unpaired) electrons. The third-order valence-corrected chi connectivity index (χ3v) is 5.95. The summed E-state index contributed by atoms with van der Waals surface area (Å²) in [4.78, 5) is 16.3. The highest BCUT2D eigenvalue weighted by Crippen LogP contribution is 2.36. The molecular formula is C22H22N2O2S. The van der Waals surface area contributed by atoms with E-state index in [9.17, 15) is 4.79 Å². The summed E-state index contributed by atoms with van der Waals surface area (Å²) in [5.74, 6) is 0.684. The number of methoxy groups -OCH3 is 1. The Morgan fingerprint density at radius 1 is 1.15 bits per heavy atom. The molecule has 1 amide bonds. The van der Waals surface area contributed by atoms with Crippen LogP contribution in [0.2, 0.25) is 0 Å². The van der Waals surface area contributed by atoms with Crippen molar-refractivity contribution in [2.24, 2.45) is 0 Å². The molecule has 5 heteroatoms. The summed E-state index contributed by atoms with van der Waals surface area (Å²) in [6, 6.07) is 20.1. The zero-order valence-corrected chi connectivity index (χ0v) is 16.0. The number of benzene rings is 2. The lowest BCUT2D eigenvalue weighted by molar-refractivity contribution is 0.0951. The number of nitrogens with one attached hydrogen (secondary N) is 1. The smallest absolute Gasteiger partial charge is 0.251 e. The van der Waals surface area contributed by atoms with Gasteiger partial charge in [0.15, 0.2) is 0 Å². The molecule has 4 rings (SSSR count). The van der Waals surface area contributed by atoms with Crippen molar-refractivity contribution in [3.8, 4) is 5.75 Å². The maximum atomic E-state index is 12.6. The minimum Gasteiger partial charge on any atom is -0.497 e. The second kappa shape index (κ2) is 7.84. The predicted molar refractivity (Wildman–Crippen MR) is 110 cm³/mol. The van der Waals surface area contributed by atoms with Gasteiger partial charge in [-0.3, -0.25) is 4.79 Å². The molecule has 1 atom stereocenters. The number of rotatable bonds is 6. The number of para-hydroxylation sites is 1. The standard InChI is InChI=1S/C22H22N2O2S/c1-26-18-10-8-17(9-11-18)22(25)23-15-20(21-7-4-14-27-21)24-13-12-16-5-2-3-6-19(16)24/h2-11,14,20H,12-13,15H2,1H3,(H,23,25)/t20-/m1/s1. The molecule has 0 saturated heterocycles. The van der Waals surface area contributed by atoms with E-state index in [2.05, 4.69) is 52.0 Å². The Morgan fingerprint density at radius 2 is 1.96 bits per heavy atom. The quantitative estimate of drug-likeness (QED) is 0.696. The van der Waals surface area contributed by atoms with Crippen LogP contribution in [0.1, 0.15) is 26.8 Å². The minimum absolute atomic E-state index is 0.0632. The monoisotopic (exact) mass is 378 g/mol. The fraction of sp³-hybridized carbons (Fsp3) is 0.227. The van der Waals surface area contributed by atoms with Gasteiger partial charge in [0, 0.05) is 29.2 Å². The van der Waals surface area contributed by atoms with Crippen LogP contribution in [-0.4, -0.2) is 26.1 Å². The molecule has 0 aliphatic carbocycles. The summed E-state index contributed by atoms with van der Waals surface area (Å²) in [5.41, 5.74) is 3.29. The number of nitrogens with zero attached hydrogens (tertiary/aromatic N) is 1. The summed E-state index contributed by atoms with van der Waals surface area (Å²) < 4.78 is 5.16. The molecule has 0 bridgehead atoms. The van der Waals surface area contributed by atoms with E-state index < -0.39 is 0 Å². The van der Waals surface area contributed by atoms with Gasteiger partial charge in [0.25, 0.3) is 5.91 Å². The number of hydrogen-bond donors (Lipinski definition) is 1. The van der Waals surface area contributed by atoms with E-state index in [0.717, 1.165) is 18.7 Å². The second-order valence-corrected chi connectivity index (χ2v) is 7.52. The number of carbonyl (C=O) groups is 1. The van der Waals surface area contributed by atoms with Gasteiger partial charge in [-0.25, -0.2) is 0 Å². The van der Waals surface area contributed by atoms with Crippen LogP contribution in [0.25, 0.3) is 0 Å². The number of thiophene rings is 1. The van der Waals surface area contributed by atoms with Crippen LogP contribution in [-0.2, 0) is 6.42 Å². The highest BCUT2D eigenvalue weighted by atomic mass is 32.1. The van der Waals surface area contributed by atoms with Crippen molar-refractivity contribution in [3.05, 3.63) is 82.0 Å². The highest BCUT2D eigenvalue weighted by molar-refractivity contribution is 7.10. The molecule has 1 aliphatic heterocycles. The minimum atomic E-state index is -0.0632. The fourth-order valence-corrected chi connectivity index (χ4v) is 4.41. The van der Waals surface area contributed by atoms with E-state index in [-0.39, 0.29) is 11.9 Å². The lowest BCUT2D eigenvalue weighted by atomic mass is 10.1. The van der Waals surface area contributed by atoms with Gasteiger partial charge in [0.05, 0.1) is 13.2 Å². The molecule has 0 fully saturated rings. The maximum absolute atomic E-state index is 12.6. The number of anilines is 1. The van der Waals surface area contributed by atoms with Gasteiger partial charge in [-0.1, -0.05) is 24.3 Å². The maximum Gasteiger partial charge on any atom is 0.251 e. The van der Waals surface area contributed by atoms with E-state index >= 15 is 0 Å². The third-order valence-electron chi connectivity index (χ3n) is 4.98. The lowest BCUT2D eigenvalue weighted by Gasteiger charge is -2.30. The highest BCUT2D eigenvalue weighted by Gasteiger charge is 2.28. The van der Waals surface area contributed by atoms with E-state index in [0.29, 0.717) is 12.1 Å². The number of carbonyl (C=O) groups excluding carboxylic acids is 1. The van der Waals surface area contributed by atoms with Gasteiger partial charge < -0.3 is 15.0 Å². The van der Waals surface area contributed by atoms with Crippen LogP contribution >= 0.6 is 11.3 Å². The Bertz CT molecular complexity index is 906. The molecule has 1 N–H and O–H groups in total. The van der Waals surface area contributed by atoms with E-state index in [4.69, 9.17) is 4.74 Å². The summed E-state index contributed by atoms with van der Waals surface area (Å²) in [6.07, 6.45) is 1.05. The van der Waals surface area contributed by atoms with Crippen LogP contribution in [0.4, 0.5) is 5.69 Å². The van der Waals surface area contributed by atoms with Crippen molar-refractivity contribution in [3.63, 3.8) is 0 Å². The topological polar surface area (TPSA) is 41.6 Å². The Labute approximate surface area is 163 Å². The number of hydrogen-bond acceptors (Lipinski definition) is 4. The van der Waals surface area contributed by atoms with E-state index in [1.54, 1.807) is 30.6 Å². The fourth-order valence-electron chi connectivity index (χ4n) is 3.57. The summed E-state index contributed by atoms with van der Waals surface area (Å²) >= 11 is 1.74. The molecule has 3 aromatic rings. The predicted octanol–water partition coefficient (Wildman–Crippen LogP) is 4.29. The van der Waals surface area contributed by atoms with Crippen molar-refractivity contribution in [1.82, 2.24) is 5.32 Å². The Kier molecular flexibility index (Phi) is 5.12. The molecule has 138 valence electrons. The summed E-state index contributed by atoms with van der Waals surface area (Å²) in [7, 11) is 1.62. The van der Waals surface area contributed by atoms with Crippen molar-refractivity contribution in [1.29, 1.82) is 0 Å². The number of amides is 1. The molecule has 1 aliphatic rings. The van der Waals surface area contributed by atoms with Gasteiger partial charge in [-0.15, -0.1) is 11.3 Å². The summed E-state index contributed by atoms with van der Waals surface area (Å²) in [6.45, 7) is 1.54. The molecule has 27 heavy (non-hydrogen) atoms. The number of fused-ring (bicyclic) bond motifs is 1. The van der Waals surface area contributed by atoms with E-state index in [1.807, 2.05) is 12.1 Å². The first kappa shape index (κ1) is 17.6. The van der Waals surface area contributed by atoms with E-state index in [1.165, 1.54) is 16.1 Å². The van der Waals surface area contributed by atoms with Crippen LogP contribution in [0.5, 0.6) is 5.75 Å². The SMILES string of the molecule is COc1ccc(C(=O)NC[C@H](c2cccs2)N2CCc3ccccc32)cc1. The molecule has 0 saturated carbocycles. The average molecular weight is 378 g/mol. The zero-order chi connectivity index (χ0) is 18.6. The van der Waals surface area contributed by atoms with Crippen molar-refractivity contribution < 1.29 is 9.53 Å². The molecule has 0 unspecified atom stereocenters. The van der Waals surface area contributed by atoms with Gasteiger partial charge in [-0.05, 0) is 53.8 Å². The Morgan fingerprint density at radius 3 is 2.70 bits per heavy atom. The normalized spacial score (nSPS) is 13.9. The second-order valence-electron chi connectivity index (χ2n) is 6.54. The summed E-state index contributed by atoms with van der Waals surface area (Å²) in [5, 5.41) is 5.21. The van der Waals surface area contributed by atoms with Crippen molar-refractivity contribution in [2.45, 2.75) is 12.5 Å². The first-order valence-electron chi connectivity index (χ1n) is 9.06. The van der Waals surface area contributed by atoms with Crippen molar-refractivity contribution in [2.75, 3.05) is 25.1 Å². The first-order valence-corrected chi connectivity index (χ1v) is 9.94. The van der Waals surface area contributed by atoms with Crippen LogP contribution in [0.15, 0.2) is 66.0 Å². The van der Waals surface area contributed by atoms with Crippen LogP contribution in [0.3, 0.4) is 0 Å². The van der Waals surface area contributed by atoms with Gasteiger partial charge >= 0.3 is 0 Å². The first-order chi connectivity index (χ1) is 13.3. The van der Waals surface area contributed by atoms with Crippen LogP contribution in [0, 0.1) is 0 Å². The average Bonchev–Trinajstić information content (AvgIpc) is 3.39. The van der Waals surface area contributed by atoms with Crippen LogP contribution < -0.4 is 15.0 Å². The molecule has 2 aromatic carbocycles. The molecule has 0 spiro atoms. The molecule has 2 heterocycles. The zero-order valence-electron chi connectivity index (χ0n) is 15.2. The molecule has 1 aromatic heterocycles. The number of ether oxygens (including phenoxy) is 1. The Balaban J connectivity index is 1.52. The van der Waals surface area contributed by atoms with Gasteiger partial charge in [-0.2, -0.15) is 0 Å². The molecular weight excluding hydrogens is 356 g/mol. The third kappa shape index (κ3) is 3.69. The van der Waals surface area contributed by atoms with Gasteiger partial charge in [0.1, 0.15) is 5.75 Å². The largest absolute Gasteiger partial charge is 0.497 e. The molecule has 4 nitrogen and oxygen atoms in total.